The fourth-order valence-corrected chi connectivity index (χ4v) is 4.72. The lowest BCUT2D eigenvalue weighted by Gasteiger charge is -2.36. The molecule has 0 spiro atoms. The Labute approximate surface area is 171 Å². The zero-order valence-electron chi connectivity index (χ0n) is 16.7. The summed E-state index contributed by atoms with van der Waals surface area (Å²) in [6, 6.07) is 11.1. The van der Waals surface area contributed by atoms with Gasteiger partial charge in [0, 0.05) is 43.8 Å². The van der Waals surface area contributed by atoms with Crippen LogP contribution in [0.5, 0.6) is 0 Å². The van der Waals surface area contributed by atoms with Gasteiger partial charge >= 0.3 is 0 Å². The summed E-state index contributed by atoms with van der Waals surface area (Å²) in [6.07, 6.45) is 2.17. The maximum absolute atomic E-state index is 6.12. The Balaban J connectivity index is 1.44. The van der Waals surface area contributed by atoms with Gasteiger partial charge in [-0.1, -0.05) is 30.3 Å². The Morgan fingerprint density at radius 2 is 2.18 bits per heavy atom. The summed E-state index contributed by atoms with van der Waals surface area (Å²) in [5.74, 6) is 0.978. The molecule has 7 heteroatoms. The van der Waals surface area contributed by atoms with Crippen molar-refractivity contribution in [2.45, 2.75) is 39.1 Å². The summed E-state index contributed by atoms with van der Waals surface area (Å²) in [4.78, 5) is 15.3. The van der Waals surface area contributed by atoms with E-state index >= 15 is 0 Å². The van der Waals surface area contributed by atoms with Crippen molar-refractivity contribution in [2.24, 2.45) is 4.99 Å². The molecule has 1 N–H and O–H groups in total. The second-order valence-corrected chi connectivity index (χ2v) is 8.67. The molecule has 0 saturated carbocycles. The number of aryl methyl sites for hydroxylation is 1. The molecule has 4 rings (SSSR count). The van der Waals surface area contributed by atoms with E-state index in [0.717, 1.165) is 50.3 Å². The summed E-state index contributed by atoms with van der Waals surface area (Å²) in [5, 5.41) is 4.55. The Morgan fingerprint density at radius 1 is 1.32 bits per heavy atom. The lowest BCUT2D eigenvalue weighted by atomic mass is 10.1. The van der Waals surface area contributed by atoms with Gasteiger partial charge in [0.2, 0.25) is 0 Å². The van der Waals surface area contributed by atoms with E-state index in [1.807, 2.05) is 13.1 Å². The number of aliphatic imine (C=N–C) groups is 1. The molecule has 1 aromatic heterocycles. The van der Waals surface area contributed by atoms with Crippen molar-refractivity contribution in [3.63, 3.8) is 0 Å². The molecule has 0 bridgehead atoms. The highest BCUT2D eigenvalue weighted by Gasteiger charge is 2.41. The van der Waals surface area contributed by atoms with Crippen LogP contribution in [0.2, 0.25) is 0 Å². The van der Waals surface area contributed by atoms with E-state index in [4.69, 9.17) is 9.73 Å². The van der Waals surface area contributed by atoms with Crippen LogP contribution in [0.3, 0.4) is 0 Å². The topological polar surface area (TPSA) is 53.0 Å². The zero-order chi connectivity index (χ0) is 19.3. The minimum atomic E-state index is 0.243. The summed E-state index contributed by atoms with van der Waals surface area (Å²) in [5.41, 5.74) is 1.36. The number of rotatable bonds is 5. The van der Waals surface area contributed by atoms with Crippen molar-refractivity contribution in [2.75, 3.05) is 32.8 Å². The minimum absolute atomic E-state index is 0.243. The van der Waals surface area contributed by atoms with E-state index in [2.05, 4.69) is 57.4 Å². The number of benzene rings is 1. The fourth-order valence-electron chi connectivity index (χ4n) is 4.00. The number of likely N-dealkylation sites (tertiary alicyclic amines) is 1. The van der Waals surface area contributed by atoms with Crippen molar-refractivity contribution in [3.8, 4) is 0 Å². The maximum Gasteiger partial charge on any atom is 0.194 e. The second kappa shape index (κ2) is 9.03. The number of hydrogen-bond donors (Lipinski definition) is 1. The molecule has 2 aliphatic heterocycles. The number of thiazole rings is 1. The van der Waals surface area contributed by atoms with Gasteiger partial charge in [-0.25, -0.2) is 9.98 Å². The molecule has 150 valence electrons. The van der Waals surface area contributed by atoms with Gasteiger partial charge in [0.05, 0.1) is 30.3 Å². The first-order valence-electron chi connectivity index (χ1n) is 10.1. The molecule has 2 atom stereocenters. The van der Waals surface area contributed by atoms with Crippen LogP contribution in [0.1, 0.15) is 22.4 Å². The summed E-state index contributed by atoms with van der Waals surface area (Å²) in [7, 11) is 0. The predicted octanol–water partition coefficient (Wildman–Crippen LogP) is 2.50. The highest BCUT2D eigenvalue weighted by Crippen LogP contribution is 2.25. The number of guanidine groups is 1. The highest BCUT2D eigenvalue weighted by molar-refractivity contribution is 7.11. The number of morpholine rings is 1. The van der Waals surface area contributed by atoms with Gasteiger partial charge in [0.25, 0.3) is 0 Å². The third-order valence-electron chi connectivity index (χ3n) is 5.33. The molecule has 0 amide bonds. The molecular weight excluding hydrogens is 370 g/mol. The van der Waals surface area contributed by atoms with Gasteiger partial charge in [-0.05, 0) is 19.4 Å². The van der Waals surface area contributed by atoms with E-state index < -0.39 is 0 Å². The zero-order valence-corrected chi connectivity index (χ0v) is 17.5. The number of fused-ring (bicyclic) bond motifs is 1. The summed E-state index contributed by atoms with van der Waals surface area (Å²) >= 11 is 1.71. The molecule has 0 radical (unpaired) electrons. The number of nitrogens with one attached hydrogen (secondary N) is 1. The fraction of sp³-hybridized carbons (Fsp3) is 0.524. The van der Waals surface area contributed by atoms with Crippen LogP contribution in [-0.4, -0.2) is 65.7 Å². The van der Waals surface area contributed by atoms with E-state index in [1.165, 1.54) is 10.4 Å². The van der Waals surface area contributed by atoms with Gasteiger partial charge in [0.15, 0.2) is 5.96 Å². The van der Waals surface area contributed by atoms with Gasteiger partial charge in [-0.2, -0.15) is 0 Å². The van der Waals surface area contributed by atoms with Crippen LogP contribution in [0.4, 0.5) is 0 Å². The summed E-state index contributed by atoms with van der Waals surface area (Å²) in [6.45, 7) is 10.3. The molecule has 1 aromatic carbocycles. The summed E-state index contributed by atoms with van der Waals surface area (Å²) < 4.78 is 6.12. The molecule has 2 aliphatic rings. The van der Waals surface area contributed by atoms with Crippen molar-refractivity contribution in [1.29, 1.82) is 0 Å². The predicted molar refractivity (Wildman–Crippen MR) is 114 cm³/mol. The number of aromatic nitrogens is 1. The first kappa shape index (κ1) is 19.4. The van der Waals surface area contributed by atoms with Crippen LogP contribution in [0, 0.1) is 6.92 Å². The molecule has 2 unspecified atom stereocenters. The second-order valence-electron chi connectivity index (χ2n) is 7.35. The van der Waals surface area contributed by atoms with Crippen molar-refractivity contribution in [1.82, 2.24) is 20.1 Å². The SMILES string of the molecule is CCNC(=NCc1cnc(C)s1)N1CC2OCCN(Cc3ccccc3)C2C1. The Hall–Kier alpha value is -1.96. The van der Waals surface area contributed by atoms with Crippen LogP contribution in [-0.2, 0) is 17.8 Å². The normalized spacial score (nSPS) is 23.1. The Bertz CT molecular complexity index is 793. The van der Waals surface area contributed by atoms with Gasteiger partial charge in [-0.3, -0.25) is 4.90 Å². The van der Waals surface area contributed by atoms with E-state index in [-0.39, 0.29) is 6.10 Å². The van der Waals surface area contributed by atoms with Crippen molar-refractivity contribution < 1.29 is 4.74 Å². The number of hydrogen-bond acceptors (Lipinski definition) is 5. The van der Waals surface area contributed by atoms with Crippen LogP contribution in [0.15, 0.2) is 41.5 Å². The van der Waals surface area contributed by atoms with E-state index in [9.17, 15) is 0 Å². The smallest absolute Gasteiger partial charge is 0.194 e. The quantitative estimate of drug-likeness (QED) is 0.618. The van der Waals surface area contributed by atoms with Crippen LogP contribution < -0.4 is 5.32 Å². The van der Waals surface area contributed by atoms with E-state index in [1.54, 1.807) is 11.3 Å². The highest BCUT2D eigenvalue weighted by atomic mass is 32.1. The van der Waals surface area contributed by atoms with Crippen LogP contribution in [0.25, 0.3) is 0 Å². The molecule has 6 nitrogen and oxygen atoms in total. The molecule has 2 fully saturated rings. The van der Waals surface area contributed by atoms with Gasteiger partial charge in [0.1, 0.15) is 0 Å². The molecule has 2 aromatic rings. The minimum Gasteiger partial charge on any atom is -0.373 e. The molecule has 3 heterocycles. The molecular formula is C21H29N5OS. The largest absolute Gasteiger partial charge is 0.373 e. The number of nitrogens with zero attached hydrogens (tertiary/aromatic N) is 4. The first-order valence-corrected chi connectivity index (χ1v) is 10.9. The standard InChI is InChI=1S/C21H29N5OS/c1-3-22-21(24-12-18-11-23-16(2)28-18)26-14-19-20(15-26)27-10-9-25(19)13-17-7-5-4-6-8-17/h4-8,11,19-20H,3,9-10,12-15H2,1-2H3,(H,22,24). The number of ether oxygens (including phenoxy) is 1. The average Bonchev–Trinajstić information content (AvgIpc) is 3.32. The van der Waals surface area contributed by atoms with Gasteiger partial charge < -0.3 is 15.0 Å². The third kappa shape index (κ3) is 4.54. The maximum atomic E-state index is 6.12. The Kier molecular flexibility index (Phi) is 6.24. The van der Waals surface area contributed by atoms with E-state index in [0.29, 0.717) is 12.6 Å². The van der Waals surface area contributed by atoms with Crippen molar-refractivity contribution >= 4 is 17.3 Å². The molecule has 2 saturated heterocycles. The Morgan fingerprint density at radius 3 is 2.93 bits per heavy atom. The third-order valence-corrected chi connectivity index (χ3v) is 6.23. The lowest BCUT2D eigenvalue weighted by Crippen LogP contribution is -2.50. The van der Waals surface area contributed by atoms with Crippen LogP contribution >= 0.6 is 11.3 Å². The van der Waals surface area contributed by atoms with Gasteiger partial charge in [-0.15, -0.1) is 11.3 Å². The molecule has 0 aliphatic carbocycles. The first-order chi connectivity index (χ1) is 13.7. The monoisotopic (exact) mass is 399 g/mol. The molecule has 28 heavy (non-hydrogen) atoms. The lowest BCUT2D eigenvalue weighted by molar-refractivity contribution is -0.0502. The van der Waals surface area contributed by atoms with Crippen molar-refractivity contribution in [3.05, 3.63) is 52.0 Å². The average molecular weight is 400 g/mol.